The van der Waals surface area contributed by atoms with Crippen LogP contribution < -0.4 is 4.31 Å². The molecule has 2 rings (SSSR count). The monoisotopic (exact) mass is 325 g/mol. The minimum absolute atomic E-state index is 0.256. The Kier molecular flexibility index (Phi) is 4.64. The molecular weight excluding hydrogens is 310 g/mol. The third kappa shape index (κ3) is 3.25. The van der Waals surface area contributed by atoms with Crippen LogP contribution in [0.5, 0.6) is 0 Å². The molecule has 0 saturated heterocycles. The zero-order valence-electron chi connectivity index (χ0n) is 11.6. The molecular formula is C14H15NO4S2. The summed E-state index contributed by atoms with van der Waals surface area (Å²) in [7, 11) is -2.15. The summed E-state index contributed by atoms with van der Waals surface area (Å²) in [6.07, 6.45) is 0. The van der Waals surface area contributed by atoms with Crippen molar-refractivity contribution in [2.75, 3.05) is 18.0 Å². The molecule has 0 spiro atoms. The van der Waals surface area contributed by atoms with Crippen molar-refractivity contribution in [2.24, 2.45) is 0 Å². The Morgan fingerprint density at radius 1 is 1.29 bits per heavy atom. The number of hydrogen-bond acceptors (Lipinski definition) is 5. The Balaban J connectivity index is 2.34. The Morgan fingerprint density at radius 3 is 2.67 bits per heavy atom. The van der Waals surface area contributed by atoms with Crippen LogP contribution in [-0.4, -0.2) is 28.0 Å². The summed E-state index contributed by atoms with van der Waals surface area (Å²) in [6, 6.07) is 9.58. The normalized spacial score (nSPS) is 11.1. The third-order valence-electron chi connectivity index (χ3n) is 2.83. The van der Waals surface area contributed by atoms with E-state index in [-0.39, 0.29) is 10.8 Å². The van der Waals surface area contributed by atoms with Gasteiger partial charge in [-0.1, -0.05) is 12.1 Å². The maximum atomic E-state index is 12.4. The first-order chi connectivity index (χ1) is 9.96. The van der Waals surface area contributed by atoms with Gasteiger partial charge in [0.1, 0.15) is 4.21 Å². The van der Waals surface area contributed by atoms with Crippen LogP contribution in [0.2, 0.25) is 0 Å². The van der Waals surface area contributed by atoms with Crippen molar-refractivity contribution < 1.29 is 17.9 Å². The van der Waals surface area contributed by atoms with Crippen molar-refractivity contribution in [3.05, 3.63) is 47.3 Å². The first-order valence-corrected chi connectivity index (χ1v) is 8.58. The summed E-state index contributed by atoms with van der Waals surface area (Å²) < 4.78 is 31.2. The second-order valence-electron chi connectivity index (χ2n) is 4.18. The molecule has 1 aromatic carbocycles. The highest BCUT2D eigenvalue weighted by molar-refractivity contribution is 7.94. The largest absolute Gasteiger partial charge is 0.462 e. The number of hydrogen-bond donors (Lipinski definition) is 0. The maximum absolute atomic E-state index is 12.4. The van der Waals surface area contributed by atoms with Crippen LogP contribution in [0.25, 0.3) is 0 Å². The van der Waals surface area contributed by atoms with Crippen LogP contribution in [0.15, 0.2) is 46.0 Å². The van der Waals surface area contributed by atoms with Gasteiger partial charge < -0.3 is 4.74 Å². The molecule has 21 heavy (non-hydrogen) atoms. The molecule has 0 bridgehead atoms. The second kappa shape index (κ2) is 6.28. The Hall–Kier alpha value is -1.86. The van der Waals surface area contributed by atoms with Gasteiger partial charge in [-0.05, 0) is 36.6 Å². The zero-order chi connectivity index (χ0) is 15.5. The third-order valence-corrected chi connectivity index (χ3v) is 5.99. The van der Waals surface area contributed by atoms with E-state index in [1.807, 2.05) is 0 Å². The zero-order valence-corrected chi connectivity index (χ0v) is 13.3. The highest BCUT2D eigenvalue weighted by Gasteiger charge is 2.22. The van der Waals surface area contributed by atoms with Crippen LogP contribution in [0.4, 0.5) is 5.69 Å². The summed E-state index contributed by atoms with van der Waals surface area (Å²) >= 11 is 1.15. The lowest BCUT2D eigenvalue weighted by Crippen LogP contribution is -2.26. The highest BCUT2D eigenvalue weighted by Crippen LogP contribution is 2.25. The van der Waals surface area contributed by atoms with E-state index in [9.17, 15) is 13.2 Å². The standard InChI is InChI=1S/C14H15NO4S2/c1-3-19-14(16)11-6-4-7-12(10-11)15(2)21(17,18)13-8-5-9-20-13/h4-10H,3H2,1-2H3. The number of rotatable bonds is 5. The molecule has 0 aliphatic rings. The van der Waals surface area contributed by atoms with Gasteiger partial charge in [0.25, 0.3) is 10.0 Å². The van der Waals surface area contributed by atoms with Crippen molar-refractivity contribution in [3.63, 3.8) is 0 Å². The van der Waals surface area contributed by atoms with E-state index in [2.05, 4.69) is 0 Å². The highest BCUT2D eigenvalue weighted by atomic mass is 32.2. The van der Waals surface area contributed by atoms with E-state index < -0.39 is 16.0 Å². The van der Waals surface area contributed by atoms with Gasteiger partial charge in [0.2, 0.25) is 0 Å². The van der Waals surface area contributed by atoms with Crippen molar-refractivity contribution in [2.45, 2.75) is 11.1 Å². The van der Waals surface area contributed by atoms with E-state index in [0.29, 0.717) is 11.3 Å². The molecule has 0 atom stereocenters. The molecule has 0 aliphatic heterocycles. The summed E-state index contributed by atoms with van der Waals surface area (Å²) in [5.41, 5.74) is 0.733. The number of ether oxygens (including phenoxy) is 1. The van der Waals surface area contributed by atoms with Gasteiger partial charge in [0.05, 0.1) is 17.9 Å². The van der Waals surface area contributed by atoms with Gasteiger partial charge in [-0.3, -0.25) is 4.31 Å². The van der Waals surface area contributed by atoms with Crippen LogP contribution in [-0.2, 0) is 14.8 Å². The number of benzene rings is 1. The lowest BCUT2D eigenvalue weighted by atomic mass is 10.2. The average Bonchev–Trinajstić information content (AvgIpc) is 3.02. The minimum atomic E-state index is -3.60. The van der Waals surface area contributed by atoms with Gasteiger partial charge in [-0.25, -0.2) is 13.2 Å². The lowest BCUT2D eigenvalue weighted by Gasteiger charge is -2.18. The van der Waals surface area contributed by atoms with E-state index >= 15 is 0 Å². The predicted octanol–water partition coefficient (Wildman–Crippen LogP) is 2.75. The van der Waals surface area contributed by atoms with Gasteiger partial charge in [0, 0.05) is 7.05 Å². The molecule has 0 N–H and O–H groups in total. The fourth-order valence-corrected chi connectivity index (χ4v) is 4.08. The van der Waals surface area contributed by atoms with Gasteiger partial charge in [-0.15, -0.1) is 11.3 Å². The summed E-state index contributed by atoms with van der Waals surface area (Å²) in [5.74, 6) is -0.471. The first-order valence-electron chi connectivity index (χ1n) is 6.26. The molecule has 112 valence electrons. The number of anilines is 1. The molecule has 5 nitrogen and oxygen atoms in total. The summed E-state index contributed by atoms with van der Waals surface area (Å²) in [6.45, 7) is 1.99. The molecule has 0 aliphatic carbocycles. The van der Waals surface area contributed by atoms with Crippen molar-refractivity contribution in [1.29, 1.82) is 0 Å². The molecule has 0 fully saturated rings. The molecule has 0 saturated carbocycles. The minimum Gasteiger partial charge on any atom is -0.462 e. The molecule has 0 unspecified atom stereocenters. The van der Waals surface area contributed by atoms with Crippen LogP contribution in [0, 0.1) is 0 Å². The quantitative estimate of drug-likeness (QED) is 0.793. The van der Waals surface area contributed by atoms with E-state index in [4.69, 9.17) is 4.74 Å². The van der Waals surface area contributed by atoms with Crippen molar-refractivity contribution in [3.8, 4) is 0 Å². The number of esters is 1. The number of thiophene rings is 1. The SMILES string of the molecule is CCOC(=O)c1cccc(N(C)S(=O)(=O)c2cccs2)c1. The molecule has 2 aromatic rings. The predicted molar refractivity (Wildman–Crippen MR) is 82.3 cm³/mol. The summed E-state index contributed by atoms with van der Waals surface area (Å²) in [5, 5.41) is 1.70. The van der Waals surface area contributed by atoms with E-state index in [0.717, 1.165) is 15.6 Å². The van der Waals surface area contributed by atoms with Crippen molar-refractivity contribution in [1.82, 2.24) is 0 Å². The second-order valence-corrected chi connectivity index (χ2v) is 7.32. The number of nitrogens with zero attached hydrogens (tertiary/aromatic N) is 1. The molecule has 0 amide bonds. The van der Waals surface area contributed by atoms with Gasteiger partial charge >= 0.3 is 5.97 Å². The van der Waals surface area contributed by atoms with Gasteiger partial charge in [0.15, 0.2) is 0 Å². The average molecular weight is 325 g/mol. The van der Waals surface area contributed by atoms with E-state index in [1.165, 1.54) is 13.1 Å². The number of carbonyl (C=O) groups is 1. The fraction of sp³-hybridized carbons (Fsp3) is 0.214. The van der Waals surface area contributed by atoms with Gasteiger partial charge in [-0.2, -0.15) is 0 Å². The molecule has 0 radical (unpaired) electrons. The van der Waals surface area contributed by atoms with Crippen LogP contribution in [0.1, 0.15) is 17.3 Å². The Labute approximate surface area is 127 Å². The smallest absolute Gasteiger partial charge is 0.338 e. The molecule has 1 heterocycles. The number of carbonyl (C=O) groups excluding carboxylic acids is 1. The number of sulfonamides is 1. The summed E-state index contributed by atoms with van der Waals surface area (Å²) in [4.78, 5) is 11.7. The Morgan fingerprint density at radius 2 is 2.05 bits per heavy atom. The fourth-order valence-electron chi connectivity index (χ4n) is 1.73. The molecule has 7 heteroatoms. The molecule has 1 aromatic heterocycles. The van der Waals surface area contributed by atoms with E-state index in [1.54, 1.807) is 42.6 Å². The first kappa shape index (κ1) is 15.5. The van der Waals surface area contributed by atoms with Crippen molar-refractivity contribution >= 4 is 33.0 Å². The lowest BCUT2D eigenvalue weighted by molar-refractivity contribution is 0.0526. The van der Waals surface area contributed by atoms with Crippen LogP contribution in [0.3, 0.4) is 0 Å². The Bertz CT molecular complexity index is 723. The topological polar surface area (TPSA) is 63.7 Å². The maximum Gasteiger partial charge on any atom is 0.338 e. The van der Waals surface area contributed by atoms with Crippen LogP contribution >= 0.6 is 11.3 Å².